The Morgan fingerprint density at radius 3 is 2.73 bits per heavy atom. The molecule has 3 heterocycles. The summed E-state index contributed by atoms with van der Waals surface area (Å²) in [5, 5.41) is 10.7. The van der Waals surface area contributed by atoms with E-state index >= 15 is 0 Å². The lowest BCUT2D eigenvalue weighted by atomic mass is 9.94. The number of hydrogen-bond donors (Lipinski definition) is 1. The first-order valence-corrected chi connectivity index (χ1v) is 8.53. The maximum Gasteiger partial charge on any atom is 0.338 e. The summed E-state index contributed by atoms with van der Waals surface area (Å²) in [5.74, 6) is -0.00265. The minimum atomic E-state index is -1.42. The number of ether oxygens (including phenoxy) is 3. The van der Waals surface area contributed by atoms with Crippen LogP contribution in [0.5, 0.6) is 5.75 Å². The van der Waals surface area contributed by atoms with Gasteiger partial charge in [0.05, 0.1) is 5.60 Å². The highest BCUT2D eigenvalue weighted by molar-refractivity contribution is 5.81. The van der Waals surface area contributed by atoms with Gasteiger partial charge in [-0.1, -0.05) is 0 Å². The fraction of sp³-hybridized carbons (Fsp3) is 0.474. The van der Waals surface area contributed by atoms with E-state index in [0.29, 0.717) is 24.4 Å². The molecule has 0 aliphatic carbocycles. The molecule has 0 unspecified atom stereocenters. The molecular weight excluding hydrogens is 340 g/mol. The largest absolute Gasteiger partial charge is 0.491 e. The summed E-state index contributed by atoms with van der Waals surface area (Å²) >= 11 is 0. The summed E-state index contributed by atoms with van der Waals surface area (Å²) in [6.45, 7) is 3.72. The number of aliphatic hydroxyl groups is 1. The third kappa shape index (κ3) is 3.20. The molecule has 1 aromatic heterocycles. The zero-order valence-corrected chi connectivity index (χ0v) is 14.6. The fourth-order valence-electron chi connectivity index (χ4n) is 3.40. The maximum absolute atomic E-state index is 11.6. The monoisotopic (exact) mass is 360 g/mol. The van der Waals surface area contributed by atoms with Crippen LogP contribution in [0.3, 0.4) is 0 Å². The van der Waals surface area contributed by atoms with E-state index in [2.05, 4.69) is 0 Å². The van der Waals surface area contributed by atoms with Crippen molar-refractivity contribution in [1.29, 1.82) is 0 Å². The molecule has 0 bridgehead atoms. The second-order valence-electron chi connectivity index (χ2n) is 7.39. The van der Waals surface area contributed by atoms with Crippen molar-refractivity contribution in [2.24, 2.45) is 0 Å². The van der Waals surface area contributed by atoms with Gasteiger partial charge in [-0.15, -0.1) is 0 Å². The Morgan fingerprint density at radius 1 is 1.23 bits per heavy atom. The second kappa shape index (κ2) is 5.82. The zero-order valence-electron chi connectivity index (χ0n) is 14.6. The Kier molecular flexibility index (Phi) is 3.82. The van der Waals surface area contributed by atoms with Crippen molar-refractivity contribution in [3.63, 3.8) is 0 Å². The number of esters is 1. The average Bonchev–Trinajstić information content (AvgIpc) is 3.12. The van der Waals surface area contributed by atoms with Crippen LogP contribution in [0.15, 0.2) is 39.5 Å². The van der Waals surface area contributed by atoms with E-state index in [0.717, 1.165) is 5.39 Å². The molecule has 0 saturated carbocycles. The van der Waals surface area contributed by atoms with E-state index < -0.39 is 22.8 Å². The van der Waals surface area contributed by atoms with Crippen LogP contribution in [-0.4, -0.2) is 41.1 Å². The van der Waals surface area contributed by atoms with Crippen molar-refractivity contribution in [2.45, 2.75) is 50.1 Å². The predicted octanol–water partition coefficient (Wildman–Crippen LogP) is 1.79. The van der Waals surface area contributed by atoms with Gasteiger partial charge in [0, 0.05) is 30.4 Å². The van der Waals surface area contributed by atoms with Crippen molar-refractivity contribution in [3.05, 3.63) is 40.8 Å². The van der Waals surface area contributed by atoms with Crippen molar-refractivity contribution < 1.29 is 28.5 Å². The van der Waals surface area contributed by atoms with Crippen molar-refractivity contribution in [3.8, 4) is 5.75 Å². The van der Waals surface area contributed by atoms with E-state index in [4.69, 9.17) is 18.6 Å². The molecule has 1 aromatic carbocycles. The molecule has 2 saturated heterocycles. The Bertz CT molecular complexity index is 915. The van der Waals surface area contributed by atoms with Gasteiger partial charge in [-0.3, -0.25) is 0 Å². The summed E-state index contributed by atoms with van der Waals surface area (Å²) < 4.78 is 21.8. The van der Waals surface area contributed by atoms with E-state index in [9.17, 15) is 14.7 Å². The molecule has 138 valence electrons. The lowest BCUT2D eigenvalue weighted by Crippen LogP contribution is -2.29. The molecular formula is C19H20O7. The van der Waals surface area contributed by atoms with Crippen LogP contribution in [0, 0.1) is 0 Å². The first-order valence-electron chi connectivity index (χ1n) is 8.53. The molecule has 26 heavy (non-hydrogen) atoms. The molecule has 0 amide bonds. The highest BCUT2D eigenvalue weighted by Crippen LogP contribution is 2.43. The maximum atomic E-state index is 11.6. The van der Waals surface area contributed by atoms with Crippen molar-refractivity contribution in [2.75, 3.05) is 6.61 Å². The van der Waals surface area contributed by atoms with E-state index in [1.54, 1.807) is 18.2 Å². The highest BCUT2D eigenvalue weighted by Gasteiger charge is 2.56. The lowest BCUT2D eigenvalue weighted by molar-refractivity contribution is -0.153. The minimum Gasteiger partial charge on any atom is -0.491 e. The third-order valence-electron chi connectivity index (χ3n) is 5.00. The van der Waals surface area contributed by atoms with Crippen LogP contribution < -0.4 is 10.4 Å². The highest BCUT2D eigenvalue weighted by atomic mass is 16.6. The molecule has 2 fully saturated rings. The fourth-order valence-corrected chi connectivity index (χ4v) is 3.40. The first kappa shape index (κ1) is 17.1. The third-order valence-corrected chi connectivity index (χ3v) is 5.00. The summed E-state index contributed by atoms with van der Waals surface area (Å²) in [4.78, 5) is 22.9. The number of fused-ring (bicyclic) bond motifs is 1. The van der Waals surface area contributed by atoms with Gasteiger partial charge in [0.1, 0.15) is 30.1 Å². The van der Waals surface area contributed by atoms with Gasteiger partial charge >= 0.3 is 11.6 Å². The molecule has 4 atom stereocenters. The Morgan fingerprint density at radius 2 is 2.00 bits per heavy atom. The number of benzene rings is 1. The molecule has 0 radical (unpaired) electrons. The standard InChI is InChI=1S/C19H20O7/c1-18(22)8-13(24-17(18)21)9-19(2)15(26-19)10-23-12-5-3-11-4-6-16(20)25-14(11)7-12/h3-7,13,15,22H,8-10H2,1-2H3/t13-,15+,18+,19+/m1/s1. The number of carbonyl (C=O) groups excluding carboxylic acids is 1. The average molecular weight is 360 g/mol. The minimum absolute atomic E-state index is 0.134. The van der Waals surface area contributed by atoms with E-state index in [1.807, 2.05) is 13.0 Å². The number of hydrogen-bond acceptors (Lipinski definition) is 7. The Hall–Kier alpha value is -2.38. The predicted molar refractivity (Wildman–Crippen MR) is 91.0 cm³/mol. The number of carbonyl (C=O) groups is 1. The molecule has 0 spiro atoms. The number of epoxide rings is 1. The van der Waals surface area contributed by atoms with Crippen molar-refractivity contribution in [1.82, 2.24) is 0 Å². The summed E-state index contributed by atoms with van der Waals surface area (Å²) in [6, 6.07) is 8.37. The molecule has 1 N–H and O–H groups in total. The first-order chi connectivity index (χ1) is 12.2. The topological polar surface area (TPSA) is 98.5 Å². The van der Waals surface area contributed by atoms with Gasteiger partial charge in [0.15, 0.2) is 5.60 Å². The molecule has 2 aliphatic heterocycles. The summed E-state index contributed by atoms with van der Waals surface area (Å²) in [6.07, 6.45) is 0.282. The van der Waals surface area contributed by atoms with Crippen LogP contribution >= 0.6 is 0 Å². The Balaban J connectivity index is 1.35. The van der Waals surface area contributed by atoms with Crippen LogP contribution in [0.1, 0.15) is 26.7 Å². The van der Waals surface area contributed by atoms with Crippen LogP contribution in [-0.2, 0) is 14.3 Å². The van der Waals surface area contributed by atoms with Gasteiger partial charge in [-0.25, -0.2) is 9.59 Å². The lowest BCUT2D eigenvalue weighted by Gasteiger charge is -2.13. The second-order valence-corrected chi connectivity index (χ2v) is 7.39. The van der Waals surface area contributed by atoms with Gasteiger partial charge in [0.25, 0.3) is 0 Å². The van der Waals surface area contributed by atoms with E-state index in [1.165, 1.54) is 13.0 Å². The molecule has 7 heteroatoms. The van der Waals surface area contributed by atoms with Gasteiger partial charge in [-0.05, 0) is 32.0 Å². The zero-order chi connectivity index (χ0) is 18.5. The number of rotatable bonds is 5. The molecule has 7 nitrogen and oxygen atoms in total. The summed E-state index contributed by atoms with van der Waals surface area (Å²) in [5.41, 5.74) is -1.81. The molecule has 2 aromatic rings. The SMILES string of the molecule is C[C@]1(O)C[C@H](C[C@]2(C)O[C@H]2COc2ccc3ccc(=O)oc3c2)OC1=O. The van der Waals surface area contributed by atoms with Gasteiger partial charge < -0.3 is 23.7 Å². The van der Waals surface area contributed by atoms with Gasteiger partial charge in [0.2, 0.25) is 0 Å². The van der Waals surface area contributed by atoms with Gasteiger partial charge in [-0.2, -0.15) is 0 Å². The normalized spacial score (nSPS) is 33.3. The quantitative estimate of drug-likeness (QED) is 0.493. The van der Waals surface area contributed by atoms with Crippen LogP contribution in [0.4, 0.5) is 0 Å². The molecule has 4 rings (SSSR count). The van der Waals surface area contributed by atoms with E-state index in [-0.39, 0.29) is 18.6 Å². The smallest absolute Gasteiger partial charge is 0.338 e. The Labute approximate surface area is 149 Å². The van der Waals surface area contributed by atoms with Crippen LogP contribution in [0.25, 0.3) is 11.0 Å². The van der Waals surface area contributed by atoms with Crippen LogP contribution in [0.2, 0.25) is 0 Å². The summed E-state index contributed by atoms with van der Waals surface area (Å²) in [7, 11) is 0. The van der Waals surface area contributed by atoms with Crippen molar-refractivity contribution >= 4 is 16.9 Å². The number of cyclic esters (lactones) is 1. The molecule has 2 aliphatic rings.